The van der Waals surface area contributed by atoms with Crippen LogP contribution in [0.25, 0.3) is 0 Å². The molecule has 1 saturated heterocycles. The minimum atomic E-state index is -0.385. The Balaban J connectivity index is 1.42. The van der Waals surface area contributed by atoms with E-state index < -0.39 is 0 Å². The normalized spacial score (nSPS) is 20.9. The van der Waals surface area contributed by atoms with Gasteiger partial charge in [-0.25, -0.2) is 0 Å². The Bertz CT molecular complexity index is 979. The highest BCUT2D eigenvalue weighted by atomic mass is 32.2. The molecule has 2 aromatic carbocycles. The molecule has 2 unspecified atom stereocenters. The van der Waals surface area contributed by atoms with Crippen molar-refractivity contribution in [1.29, 1.82) is 0 Å². The van der Waals surface area contributed by atoms with Gasteiger partial charge in [0.25, 0.3) is 11.1 Å². The summed E-state index contributed by atoms with van der Waals surface area (Å²) < 4.78 is 6.00. The highest BCUT2D eigenvalue weighted by Gasteiger charge is 2.35. The molecule has 0 aromatic heterocycles. The summed E-state index contributed by atoms with van der Waals surface area (Å²) in [6.45, 7) is 2.88. The van der Waals surface area contributed by atoms with Crippen molar-refractivity contribution in [1.82, 2.24) is 10.2 Å². The fourth-order valence-electron chi connectivity index (χ4n) is 3.81. The van der Waals surface area contributed by atoms with Crippen molar-refractivity contribution in [3.63, 3.8) is 0 Å². The Morgan fingerprint density at radius 3 is 2.47 bits per heavy atom. The van der Waals surface area contributed by atoms with Crippen molar-refractivity contribution >= 4 is 34.5 Å². The molecule has 0 saturated carbocycles. The monoisotopic (exact) mass is 425 g/mol. The summed E-state index contributed by atoms with van der Waals surface area (Å²) >= 11 is 1.03. The molecule has 0 bridgehead atoms. The van der Waals surface area contributed by atoms with Crippen molar-refractivity contribution in [2.75, 3.05) is 25.1 Å². The quantitative estimate of drug-likeness (QED) is 0.767. The predicted octanol–water partition coefficient (Wildman–Crippen LogP) is 2.90. The summed E-state index contributed by atoms with van der Waals surface area (Å²) in [4.78, 5) is 39.8. The highest BCUT2D eigenvalue weighted by molar-refractivity contribution is 8.15. The van der Waals surface area contributed by atoms with Crippen LogP contribution in [0.3, 0.4) is 0 Å². The maximum Gasteiger partial charge on any atom is 0.286 e. The molecular weight excluding hydrogens is 402 g/mol. The number of thioether (sulfide) groups is 1. The van der Waals surface area contributed by atoms with Gasteiger partial charge in [-0.05, 0) is 43.2 Å². The van der Waals surface area contributed by atoms with Crippen LogP contribution in [0.1, 0.15) is 22.8 Å². The second kappa shape index (κ2) is 8.39. The molecule has 4 rings (SSSR count). The van der Waals surface area contributed by atoms with Gasteiger partial charge >= 0.3 is 0 Å². The number of hydrogen-bond acceptors (Lipinski definition) is 6. The smallest absolute Gasteiger partial charge is 0.286 e. The first kappa shape index (κ1) is 20.3. The molecule has 8 heteroatoms. The number of likely N-dealkylation sites (N-methyl/N-ethyl adjacent to an activating group) is 2. The first-order valence-electron chi connectivity index (χ1n) is 9.84. The van der Waals surface area contributed by atoms with Crippen molar-refractivity contribution in [3.8, 4) is 5.75 Å². The van der Waals surface area contributed by atoms with E-state index in [1.54, 1.807) is 0 Å². The van der Waals surface area contributed by atoms with Crippen LogP contribution in [0.5, 0.6) is 5.75 Å². The average molecular weight is 426 g/mol. The van der Waals surface area contributed by atoms with Crippen molar-refractivity contribution in [2.24, 2.45) is 0 Å². The molecule has 2 atom stereocenters. The number of nitrogens with zero attached hydrogens (tertiary/aromatic N) is 2. The van der Waals surface area contributed by atoms with E-state index in [9.17, 15) is 14.4 Å². The van der Waals surface area contributed by atoms with Crippen LogP contribution in [-0.2, 0) is 11.2 Å². The minimum Gasteiger partial charge on any atom is -0.489 e. The van der Waals surface area contributed by atoms with Crippen LogP contribution < -0.4 is 15.0 Å². The highest BCUT2D eigenvalue weighted by Crippen LogP contribution is 2.30. The number of benzene rings is 2. The van der Waals surface area contributed by atoms with Gasteiger partial charge in [0.2, 0.25) is 5.91 Å². The van der Waals surface area contributed by atoms with Crippen molar-refractivity contribution in [3.05, 3.63) is 59.7 Å². The molecule has 2 heterocycles. The minimum absolute atomic E-state index is 0.0111. The number of nitrogens with one attached hydrogen (secondary N) is 1. The zero-order valence-corrected chi connectivity index (χ0v) is 17.6. The van der Waals surface area contributed by atoms with Gasteiger partial charge in [0.1, 0.15) is 18.5 Å². The molecule has 3 amide bonds. The fourth-order valence-corrected chi connectivity index (χ4v) is 4.67. The Kier molecular flexibility index (Phi) is 5.67. The van der Waals surface area contributed by atoms with Crippen molar-refractivity contribution in [2.45, 2.75) is 24.8 Å². The lowest BCUT2D eigenvalue weighted by atomic mass is 10.1. The van der Waals surface area contributed by atoms with E-state index in [4.69, 9.17) is 4.74 Å². The third-order valence-corrected chi connectivity index (χ3v) is 6.41. The van der Waals surface area contributed by atoms with Crippen LogP contribution >= 0.6 is 11.8 Å². The third-order valence-electron chi connectivity index (χ3n) is 5.43. The molecule has 2 aromatic rings. The summed E-state index contributed by atoms with van der Waals surface area (Å²) in [5, 5.41) is 1.62. The lowest BCUT2D eigenvalue weighted by Crippen LogP contribution is -2.56. The first-order valence-corrected chi connectivity index (χ1v) is 10.7. The van der Waals surface area contributed by atoms with Gasteiger partial charge in [-0.1, -0.05) is 36.0 Å². The topological polar surface area (TPSA) is 79.0 Å². The molecule has 1 fully saturated rings. The van der Waals surface area contributed by atoms with Gasteiger partial charge in [0, 0.05) is 13.6 Å². The second-order valence-electron chi connectivity index (χ2n) is 7.24. The van der Waals surface area contributed by atoms with Crippen LogP contribution in [0, 0.1) is 0 Å². The fraction of sp³-hybridized carbons (Fsp3) is 0.318. The van der Waals surface area contributed by atoms with Gasteiger partial charge in [-0.15, -0.1) is 0 Å². The largest absolute Gasteiger partial charge is 0.489 e. The molecule has 30 heavy (non-hydrogen) atoms. The molecule has 0 spiro atoms. The Labute approximate surface area is 179 Å². The number of amides is 3. The maximum atomic E-state index is 12.9. The van der Waals surface area contributed by atoms with Crippen molar-refractivity contribution < 1.29 is 19.1 Å². The zero-order chi connectivity index (χ0) is 21.3. The molecule has 156 valence electrons. The standard InChI is InChI=1S/C22H23N3O4S/c1-3-25-19(24(2)17-7-5-4-6-16(17)21(25)27)13-29-15-10-8-14(9-11-15)12-18-20(26)23-22(28)30-18/h4-11,18-19H,3,12-13H2,1-2H3,(H,23,26,28). The van der Waals surface area contributed by atoms with Crippen LogP contribution in [0.15, 0.2) is 48.5 Å². The van der Waals surface area contributed by atoms with E-state index in [-0.39, 0.29) is 28.5 Å². The number of carbonyl (C=O) groups is 3. The molecule has 2 aliphatic rings. The SMILES string of the molecule is CCN1C(=O)c2ccccc2N(C)C1COc1ccc(CC2SC(=O)NC2=O)cc1. The van der Waals surface area contributed by atoms with Gasteiger partial charge in [0.15, 0.2) is 0 Å². The van der Waals surface area contributed by atoms with Crippen LogP contribution in [0.4, 0.5) is 10.5 Å². The maximum absolute atomic E-state index is 12.9. The summed E-state index contributed by atoms with van der Waals surface area (Å²) in [5.41, 5.74) is 2.56. The van der Waals surface area contributed by atoms with Gasteiger partial charge in [0.05, 0.1) is 16.5 Å². The first-order chi connectivity index (χ1) is 14.5. The molecule has 0 aliphatic carbocycles. The summed E-state index contributed by atoms with van der Waals surface area (Å²) in [5.74, 6) is 0.460. The van der Waals surface area contributed by atoms with E-state index in [2.05, 4.69) is 10.2 Å². The Hall–Kier alpha value is -3.00. The number of hydrogen-bond donors (Lipinski definition) is 1. The molecule has 7 nitrogen and oxygen atoms in total. The molecule has 2 aliphatic heterocycles. The average Bonchev–Trinajstić information content (AvgIpc) is 3.07. The van der Waals surface area contributed by atoms with Crippen LogP contribution in [-0.4, -0.2) is 53.6 Å². The van der Waals surface area contributed by atoms with E-state index >= 15 is 0 Å². The van der Waals surface area contributed by atoms with E-state index in [1.165, 1.54) is 0 Å². The Morgan fingerprint density at radius 1 is 1.07 bits per heavy atom. The number of carbonyl (C=O) groups excluding carboxylic acids is 3. The number of imide groups is 1. The number of ether oxygens (including phenoxy) is 1. The number of para-hydroxylation sites is 1. The summed E-state index contributed by atoms with van der Waals surface area (Å²) in [6, 6.07) is 15.1. The van der Waals surface area contributed by atoms with Gasteiger partial charge in [-0.3, -0.25) is 19.7 Å². The second-order valence-corrected chi connectivity index (χ2v) is 8.42. The van der Waals surface area contributed by atoms with E-state index in [0.29, 0.717) is 30.9 Å². The zero-order valence-electron chi connectivity index (χ0n) is 16.8. The lowest BCUT2D eigenvalue weighted by Gasteiger charge is -2.43. The third kappa shape index (κ3) is 3.87. The van der Waals surface area contributed by atoms with E-state index in [0.717, 1.165) is 23.0 Å². The number of rotatable bonds is 6. The molecule has 0 radical (unpaired) electrons. The summed E-state index contributed by atoms with van der Waals surface area (Å²) in [7, 11) is 1.97. The molecular formula is C22H23N3O4S. The van der Waals surface area contributed by atoms with Gasteiger partial charge in [-0.2, -0.15) is 0 Å². The molecule has 1 N–H and O–H groups in total. The predicted molar refractivity (Wildman–Crippen MR) is 116 cm³/mol. The van der Waals surface area contributed by atoms with E-state index in [1.807, 2.05) is 67.4 Å². The lowest BCUT2D eigenvalue weighted by molar-refractivity contribution is -0.118. The van der Waals surface area contributed by atoms with Crippen LogP contribution in [0.2, 0.25) is 0 Å². The Morgan fingerprint density at radius 2 is 1.80 bits per heavy atom. The van der Waals surface area contributed by atoms with Gasteiger partial charge < -0.3 is 14.5 Å². The summed E-state index contributed by atoms with van der Waals surface area (Å²) in [6.07, 6.45) is 0.282. The number of anilines is 1. The number of fused-ring (bicyclic) bond motifs is 1.